The minimum absolute atomic E-state index is 0.0480. The quantitative estimate of drug-likeness (QED) is 0.724. The molecule has 0 unspecified atom stereocenters. The number of hydrogen-bond acceptors (Lipinski definition) is 3. The van der Waals surface area contributed by atoms with Crippen molar-refractivity contribution < 1.29 is 15.0 Å². The number of aliphatic hydroxyl groups excluding tert-OH is 1. The van der Waals surface area contributed by atoms with Crippen LogP contribution in [-0.2, 0) is 4.79 Å². The molecule has 3 heteroatoms. The van der Waals surface area contributed by atoms with Gasteiger partial charge in [0, 0.05) is 12.0 Å². The van der Waals surface area contributed by atoms with Crippen LogP contribution in [0.2, 0.25) is 0 Å². The van der Waals surface area contributed by atoms with Gasteiger partial charge in [-0.1, -0.05) is 13.8 Å². The average Bonchev–Trinajstić information content (AvgIpc) is 2.67. The van der Waals surface area contributed by atoms with E-state index in [0.29, 0.717) is 29.2 Å². The van der Waals surface area contributed by atoms with Gasteiger partial charge in [0.1, 0.15) is 0 Å². The maximum atomic E-state index is 11.8. The zero-order valence-corrected chi connectivity index (χ0v) is 10.5. The Kier molecular flexibility index (Phi) is 2.15. The molecule has 3 rings (SSSR count). The number of carbonyl (C=O) groups excluding carboxylic acids is 1. The van der Waals surface area contributed by atoms with E-state index in [2.05, 4.69) is 13.8 Å². The van der Waals surface area contributed by atoms with Crippen molar-refractivity contribution in [2.75, 3.05) is 6.61 Å². The number of Topliss-reactive ketones (excluding diaryl/α,β-unsaturated/α-hetero) is 1. The molecule has 2 saturated carbocycles. The van der Waals surface area contributed by atoms with Crippen molar-refractivity contribution in [1.29, 1.82) is 0 Å². The number of fused-ring (bicyclic) bond motifs is 3. The maximum absolute atomic E-state index is 11.8. The molecule has 2 fully saturated rings. The van der Waals surface area contributed by atoms with Gasteiger partial charge in [0.05, 0.1) is 12.2 Å². The number of hydrogen-bond donors (Lipinski definition) is 2. The molecule has 0 aliphatic heterocycles. The fourth-order valence-corrected chi connectivity index (χ4v) is 4.51. The van der Waals surface area contributed by atoms with Crippen LogP contribution in [0, 0.1) is 17.3 Å². The second kappa shape index (κ2) is 3.21. The van der Waals surface area contributed by atoms with Crippen molar-refractivity contribution in [2.24, 2.45) is 17.3 Å². The van der Waals surface area contributed by atoms with E-state index in [4.69, 9.17) is 0 Å². The first-order chi connectivity index (χ1) is 7.86. The molecule has 0 bridgehead atoms. The van der Waals surface area contributed by atoms with E-state index in [0.717, 1.165) is 18.4 Å². The molecule has 0 radical (unpaired) electrons. The molecule has 0 saturated heterocycles. The van der Waals surface area contributed by atoms with Gasteiger partial charge < -0.3 is 10.2 Å². The molecule has 3 atom stereocenters. The van der Waals surface area contributed by atoms with E-state index < -0.39 is 5.60 Å². The molecule has 3 nitrogen and oxygen atoms in total. The second-order valence-electron chi connectivity index (χ2n) is 6.83. The summed E-state index contributed by atoms with van der Waals surface area (Å²) in [5.41, 5.74) is 0.787. The van der Waals surface area contributed by atoms with Gasteiger partial charge in [0.2, 0.25) is 0 Å². The highest BCUT2D eigenvalue weighted by Gasteiger charge is 2.58. The second-order valence-corrected chi connectivity index (χ2v) is 6.83. The molecule has 0 amide bonds. The molecule has 0 heterocycles. The molecule has 0 spiro atoms. The van der Waals surface area contributed by atoms with E-state index in [1.807, 2.05) is 0 Å². The Morgan fingerprint density at radius 3 is 2.65 bits per heavy atom. The zero-order chi connectivity index (χ0) is 12.4. The smallest absolute Gasteiger partial charge is 0.164 e. The Morgan fingerprint density at radius 2 is 2.00 bits per heavy atom. The first-order valence-corrected chi connectivity index (χ1v) is 6.46. The van der Waals surface area contributed by atoms with Crippen LogP contribution in [0.1, 0.15) is 39.5 Å². The van der Waals surface area contributed by atoms with E-state index >= 15 is 0 Å². The van der Waals surface area contributed by atoms with E-state index in [1.54, 1.807) is 0 Å². The van der Waals surface area contributed by atoms with Crippen molar-refractivity contribution in [3.8, 4) is 0 Å². The highest BCUT2D eigenvalue weighted by Crippen LogP contribution is 2.61. The molecule has 3 aliphatic carbocycles. The molecule has 3 aliphatic rings. The lowest BCUT2D eigenvalue weighted by atomic mass is 9.84. The van der Waals surface area contributed by atoms with Crippen LogP contribution in [0.15, 0.2) is 11.1 Å². The van der Waals surface area contributed by atoms with Crippen LogP contribution in [0.25, 0.3) is 0 Å². The summed E-state index contributed by atoms with van der Waals surface area (Å²) in [6.07, 6.45) is 3.07. The Morgan fingerprint density at radius 1 is 1.29 bits per heavy atom. The minimum Gasteiger partial charge on any atom is -0.392 e. The highest BCUT2D eigenvalue weighted by molar-refractivity contribution is 6.01. The lowest BCUT2D eigenvalue weighted by Gasteiger charge is -2.25. The summed E-state index contributed by atoms with van der Waals surface area (Å²) < 4.78 is 0. The predicted molar refractivity (Wildman–Crippen MR) is 63.3 cm³/mol. The predicted octanol–water partition coefficient (Wildman–Crippen LogP) is 1.44. The fourth-order valence-electron chi connectivity index (χ4n) is 4.51. The van der Waals surface area contributed by atoms with Gasteiger partial charge in [-0.25, -0.2) is 0 Å². The Bertz CT molecular complexity index is 421. The Balaban J connectivity index is 2.04. The molecule has 0 aromatic carbocycles. The normalized spacial score (nSPS) is 43.2. The summed E-state index contributed by atoms with van der Waals surface area (Å²) in [4.78, 5) is 11.8. The number of carbonyl (C=O) groups is 1. The number of aliphatic hydroxyl groups is 2. The maximum Gasteiger partial charge on any atom is 0.164 e. The van der Waals surface area contributed by atoms with Gasteiger partial charge >= 0.3 is 0 Å². The molecular formula is C14H20O3. The molecule has 0 aromatic heterocycles. The minimum atomic E-state index is -0.916. The van der Waals surface area contributed by atoms with Gasteiger partial charge in [-0.05, 0) is 42.1 Å². The third kappa shape index (κ3) is 1.45. The topological polar surface area (TPSA) is 57.5 Å². The number of ketones is 1. The summed E-state index contributed by atoms with van der Waals surface area (Å²) in [5.74, 6) is 0.774. The van der Waals surface area contributed by atoms with Crippen molar-refractivity contribution >= 4 is 5.78 Å². The molecule has 94 valence electrons. The van der Waals surface area contributed by atoms with Crippen LogP contribution in [-0.4, -0.2) is 28.2 Å². The van der Waals surface area contributed by atoms with Crippen LogP contribution in [0.5, 0.6) is 0 Å². The third-order valence-electron chi connectivity index (χ3n) is 4.90. The highest BCUT2D eigenvalue weighted by atomic mass is 16.3. The third-order valence-corrected chi connectivity index (χ3v) is 4.90. The average molecular weight is 236 g/mol. The largest absolute Gasteiger partial charge is 0.392 e. The summed E-state index contributed by atoms with van der Waals surface area (Å²) in [6.45, 7) is 4.29. The zero-order valence-electron chi connectivity index (χ0n) is 10.5. The van der Waals surface area contributed by atoms with Crippen molar-refractivity contribution in [3.05, 3.63) is 11.1 Å². The monoisotopic (exact) mass is 236 g/mol. The molecule has 2 N–H and O–H groups in total. The van der Waals surface area contributed by atoms with Gasteiger partial charge in [0.25, 0.3) is 0 Å². The summed E-state index contributed by atoms with van der Waals surface area (Å²) in [7, 11) is 0. The van der Waals surface area contributed by atoms with E-state index in [-0.39, 0.29) is 18.8 Å². The van der Waals surface area contributed by atoms with Crippen LogP contribution in [0.3, 0.4) is 0 Å². The number of rotatable bonds is 1. The van der Waals surface area contributed by atoms with Gasteiger partial charge in [-0.15, -0.1) is 0 Å². The van der Waals surface area contributed by atoms with Crippen LogP contribution < -0.4 is 0 Å². The van der Waals surface area contributed by atoms with Gasteiger partial charge in [0.15, 0.2) is 5.78 Å². The van der Waals surface area contributed by atoms with Gasteiger partial charge in [-0.3, -0.25) is 4.79 Å². The Labute approximate surface area is 102 Å². The van der Waals surface area contributed by atoms with Crippen LogP contribution in [0.4, 0.5) is 0 Å². The molecule has 17 heavy (non-hydrogen) atoms. The fraction of sp³-hybridized carbons (Fsp3) is 0.786. The SMILES string of the molecule is CC1(C)C[C@@H]2C[C@@]3(O)CC(=O)C(CO)=C3[C@@H]2C1. The summed E-state index contributed by atoms with van der Waals surface area (Å²) in [6, 6.07) is 0. The lowest BCUT2D eigenvalue weighted by Crippen LogP contribution is -2.27. The Hall–Kier alpha value is -0.670. The van der Waals surface area contributed by atoms with Crippen molar-refractivity contribution in [2.45, 2.75) is 45.1 Å². The van der Waals surface area contributed by atoms with Crippen molar-refractivity contribution in [1.82, 2.24) is 0 Å². The standard InChI is InChI=1S/C14H20O3/c1-13(2)3-8-4-14(17)6-11(16)10(7-15)12(14)9(8)5-13/h8-9,15,17H,3-7H2,1-2H3/t8-,9-,14-/m1/s1. The van der Waals surface area contributed by atoms with Crippen molar-refractivity contribution in [3.63, 3.8) is 0 Å². The summed E-state index contributed by atoms with van der Waals surface area (Å²) in [5, 5.41) is 19.9. The first-order valence-electron chi connectivity index (χ1n) is 6.46. The van der Waals surface area contributed by atoms with Gasteiger partial charge in [-0.2, -0.15) is 0 Å². The lowest BCUT2D eigenvalue weighted by molar-refractivity contribution is -0.117. The first kappa shape index (κ1) is 11.4. The summed E-state index contributed by atoms with van der Waals surface area (Å²) >= 11 is 0. The van der Waals surface area contributed by atoms with E-state index in [1.165, 1.54) is 0 Å². The molecular weight excluding hydrogens is 216 g/mol. The molecule has 0 aromatic rings. The van der Waals surface area contributed by atoms with E-state index in [9.17, 15) is 15.0 Å². The van der Waals surface area contributed by atoms with Crippen LogP contribution >= 0.6 is 0 Å².